The number of hydrogen-bond acceptors (Lipinski definition) is 4. The smallest absolute Gasteiger partial charge is 0.242 e. The number of anilines is 1. The molecule has 0 aliphatic carbocycles. The molecule has 0 spiro atoms. The van der Waals surface area contributed by atoms with Gasteiger partial charge in [0, 0.05) is 6.04 Å². The van der Waals surface area contributed by atoms with Gasteiger partial charge in [-0.3, -0.25) is 4.79 Å². The summed E-state index contributed by atoms with van der Waals surface area (Å²) in [7, 11) is 0. The first-order valence-corrected chi connectivity index (χ1v) is 6.02. The lowest BCUT2D eigenvalue weighted by atomic mass is 10.2. The number of rotatable bonds is 5. The SMILES string of the molecule is CCc1ncnc(NC(C)C(=O)NC(C)C)c1F. The summed E-state index contributed by atoms with van der Waals surface area (Å²) in [6, 6.07) is -0.510. The molecule has 0 fully saturated rings. The van der Waals surface area contributed by atoms with E-state index in [0.29, 0.717) is 12.1 Å². The third-order valence-electron chi connectivity index (χ3n) is 2.37. The maximum atomic E-state index is 13.8. The molecular formula is C12H19FN4O. The summed E-state index contributed by atoms with van der Waals surface area (Å²) in [5.74, 6) is -0.626. The van der Waals surface area contributed by atoms with E-state index in [4.69, 9.17) is 0 Å². The summed E-state index contributed by atoms with van der Waals surface area (Å²) >= 11 is 0. The first kappa shape index (κ1) is 14.3. The van der Waals surface area contributed by atoms with E-state index in [-0.39, 0.29) is 17.8 Å². The number of aromatic nitrogens is 2. The Morgan fingerprint density at radius 2 is 2.06 bits per heavy atom. The molecule has 0 saturated carbocycles. The van der Waals surface area contributed by atoms with Gasteiger partial charge in [-0.2, -0.15) is 0 Å². The van der Waals surface area contributed by atoms with Crippen molar-refractivity contribution in [1.82, 2.24) is 15.3 Å². The molecule has 6 heteroatoms. The molecule has 0 bridgehead atoms. The van der Waals surface area contributed by atoms with Gasteiger partial charge < -0.3 is 10.6 Å². The van der Waals surface area contributed by atoms with Crippen LogP contribution in [0.1, 0.15) is 33.4 Å². The van der Waals surface area contributed by atoms with E-state index >= 15 is 0 Å². The van der Waals surface area contributed by atoms with E-state index in [1.807, 2.05) is 20.8 Å². The van der Waals surface area contributed by atoms with Gasteiger partial charge in [0.1, 0.15) is 12.4 Å². The maximum Gasteiger partial charge on any atom is 0.242 e. The molecule has 0 saturated heterocycles. The second-order valence-corrected chi connectivity index (χ2v) is 4.37. The first-order chi connectivity index (χ1) is 8.45. The second kappa shape index (κ2) is 6.28. The Hall–Kier alpha value is -1.72. The third kappa shape index (κ3) is 3.65. The molecule has 100 valence electrons. The highest BCUT2D eigenvalue weighted by atomic mass is 19.1. The van der Waals surface area contributed by atoms with E-state index in [0.717, 1.165) is 0 Å². The highest BCUT2D eigenvalue weighted by Gasteiger charge is 2.17. The van der Waals surface area contributed by atoms with E-state index < -0.39 is 11.9 Å². The Bertz CT molecular complexity index is 423. The molecule has 1 atom stereocenters. The van der Waals surface area contributed by atoms with Gasteiger partial charge in [-0.05, 0) is 27.2 Å². The lowest BCUT2D eigenvalue weighted by molar-refractivity contribution is -0.122. The maximum absolute atomic E-state index is 13.8. The van der Waals surface area contributed by atoms with Gasteiger partial charge in [0.05, 0.1) is 5.69 Å². The molecule has 1 rings (SSSR count). The average Bonchev–Trinajstić information content (AvgIpc) is 2.30. The van der Waals surface area contributed by atoms with Crippen molar-refractivity contribution in [3.8, 4) is 0 Å². The number of halogens is 1. The number of nitrogens with zero attached hydrogens (tertiary/aromatic N) is 2. The van der Waals surface area contributed by atoms with Crippen molar-refractivity contribution < 1.29 is 9.18 Å². The Kier molecular flexibility index (Phi) is 5.00. The number of hydrogen-bond donors (Lipinski definition) is 2. The molecule has 1 amide bonds. The van der Waals surface area contributed by atoms with Gasteiger partial charge in [0.25, 0.3) is 0 Å². The first-order valence-electron chi connectivity index (χ1n) is 6.02. The van der Waals surface area contributed by atoms with E-state index in [1.165, 1.54) is 6.33 Å². The zero-order chi connectivity index (χ0) is 13.7. The van der Waals surface area contributed by atoms with Crippen molar-refractivity contribution in [2.75, 3.05) is 5.32 Å². The lowest BCUT2D eigenvalue weighted by Gasteiger charge is -2.17. The molecule has 1 unspecified atom stereocenters. The molecule has 0 aliphatic rings. The standard InChI is InChI=1S/C12H19FN4O/c1-5-9-10(13)11(15-6-14-9)17-8(4)12(18)16-7(2)3/h6-8H,5H2,1-4H3,(H,16,18)(H,14,15,17). The fourth-order valence-corrected chi connectivity index (χ4v) is 1.43. The molecule has 0 aromatic carbocycles. The van der Waals surface area contributed by atoms with Crippen LogP contribution in [0.5, 0.6) is 0 Å². The summed E-state index contributed by atoms with van der Waals surface area (Å²) in [6.45, 7) is 7.20. The highest BCUT2D eigenvalue weighted by molar-refractivity contribution is 5.84. The molecule has 0 aliphatic heterocycles. The van der Waals surface area contributed by atoms with Crippen LogP contribution in [-0.4, -0.2) is 28.0 Å². The normalized spacial score (nSPS) is 12.3. The van der Waals surface area contributed by atoms with E-state index in [9.17, 15) is 9.18 Å². The minimum absolute atomic E-state index is 0.0446. The molecule has 1 heterocycles. The molecule has 1 aromatic heterocycles. The predicted octanol–water partition coefficient (Wildman–Crippen LogP) is 1.50. The fourth-order valence-electron chi connectivity index (χ4n) is 1.43. The number of carbonyl (C=O) groups excluding carboxylic acids is 1. The van der Waals surface area contributed by atoms with Crippen molar-refractivity contribution in [3.63, 3.8) is 0 Å². The predicted molar refractivity (Wildman–Crippen MR) is 67.7 cm³/mol. The van der Waals surface area contributed by atoms with Crippen LogP contribution in [0.25, 0.3) is 0 Å². The van der Waals surface area contributed by atoms with Crippen molar-refractivity contribution >= 4 is 11.7 Å². The Labute approximate surface area is 106 Å². The van der Waals surface area contributed by atoms with Gasteiger partial charge in [-0.25, -0.2) is 14.4 Å². The van der Waals surface area contributed by atoms with Crippen molar-refractivity contribution in [3.05, 3.63) is 17.8 Å². The molecule has 0 radical (unpaired) electrons. The summed E-state index contributed by atoms with van der Waals surface area (Å²) in [5.41, 5.74) is 0.337. The average molecular weight is 254 g/mol. The Morgan fingerprint density at radius 1 is 1.39 bits per heavy atom. The van der Waals surface area contributed by atoms with Gasteiger partial charge >= 0.3 is 0 Å². The van der Waals surface area contributed by atoms with Crippen LogP contribution in [0.4, 0.5) is 10.2 Å². The van der Waals surface area contributed by atoms with Crippen LogP contribution in [0, 0.1) is 5.82 Å². The highest BCUT2D eigenvalue weighted by Crippen LogP contribution is 2.14. The van der Waals surface area contributed by atoms with Crippen LogP contribution in [0.15, 0.2) is 6.33 Å². The number of carbonyl (C=O) groups is 1. The lowest BCUT2D eigenvalue weighted by Crippen LogP contribution is -2.41. The van der Waals surface area contributed by atoms with Crippen LogP contribution in [0.3, 0.4) is 0 Å². The van der Waals surface area contributed by atoms with Gasteiger partial charge in [0.15, 0.2) is 11.6 Å². The number of amides is 1. The zero-order valence-corrected chi connectivity index (χ0v) is 11.1. The van der Waals surface area contributed by atoms with Gasteiger partial charge in [-0.1, -0.05) is 6.92 Å². The summed E-state index contributed by atoms with van der Waals surface area (Å²) in [5, 5.41) is 5.50. The van der Waals surface area contributed by atoms with Crippen molar-refractivity contribution in [2.45, 2.75) is 46.2 Å². The van der Waals surface area contributed by atoms with Crippen LogP contribution < -0.4 is 10.6 Å². The molecule has 5 nitrogen and oxygen atoms in total. The topological polar surface area (TPSA) is 66.9 Å². The van der Waals surface area contributed by atoms with Crippen LogP contribution in [-0.2, 0) is 11.2 Å². The monoisotopic (exact) mass is 254 g/mol. The van der Waals surface area contributed by atoms with Crippen LogP contribution in [0.2, 0.25) is 0 Å². The quantitative estimate of drug-likeness (QED) is 0.835. The van der Waals surface area contributed by atoms with Crippen LogP contribution >= 0.6 is 0 Å². The largest absolute Gasteiger partial charge is 0.356 e. The van der Waals surface area contributed by atoms with Gasteiger partial charge in [0.2, 0.25) is 5.91 Å². The fraction of sp³-hybridized carbons (Fsp3) is 0.583. The third-order valence-corrected chi connectivity index (χ3v) is 2.37. The second-order valence-electron chi connectivity index (χ2n) is 4.37. The summed E-state index contributed by atoms with van der Waals surface area (Å²) < 4.78 is 13.8. The minimum Gasteiger partial charge on any atom is -0.356 e. The molecule has 2 N–H and O–H groups in total. The zero-order valence-electron chi connectivity index (χ0n) is 11.1. The summed E-state index contributed by atoms with van der Waals surface area (Å²) in [6.07, 6.45) is 1.77. The molecule has 1 aromatic rings. The van der Waals surface area contributed by atoms with E-state index in [1.54, 1.807) is 6.92 Å². The van der Waals surface area contributed by atoms with Gasteiger partial charge in [-0.15, -0.1) is 0 Å². The number of aryl methyl sites for hydroxylation is 1. The minimum atomic E-state index is -0.554. The Morgan fingerprint density at radius 3 is 2.61 bits per heavy atom. The summed E-state index contributed by atoms with van der Waals surface area (Å²) in [4.78, 5) is 19.3. The van der Waals surface area contributed by atoms with Crippen molar-refractivity contribution in [2.24, 2.45) is 0 Å². The molecule has 18 heavy (non-hydrogen) atoms. The number of nitrogens with one attached hydrogen (secondary N) is 2. The van der Waals surface area contributed by atoms with E-state index in [2.05, 4.69) is 20.6 Å². The Balaban J connectivity index is 2.75. The van der Waals surface area contributed by atoms with Crippen molar-refractivity contribution in [1.29, 1.82) is 0 Å². The molecular weight excluding hydrogens is 235 g/mol.